The molecule has 1 amide bonds. The molecule has 0 saturated heterocycles. The van der Waals surface area contributed by atoms with Crippen LogP contribution in [0.3, 0.4) is 0 Å². The Morgan fingerprint density at radius 3 is 2.69 bits per heavy atom. The van der Waals surface area contributed by atoms with Gasteiger partial charge in [-0.05, 0) is 89.2 Å². The zero-order valence-electron chi connectivity index (χ0n) is 17.2. The highest BCUT2D eigenvalue weighted by atomic mass is 127. The van der Waals surface area contributed by atoms with Gasteiger partial charge in [-0.1, -0.05) is 29.8 Å². The second kappa shape index (κ2) is 11.1. The maximum absolute atomic E-state index is 13.6. The number of nitriles is 1. The lowest BCUT2D eigenvalue weighted by Gasteiger charge is -2.14. The van der Waals surface area contributed by atoms with Crippen LogP contribution in [-0.2, 0) is 11.2 Å². The van der Waals surface area contributed by atoms with Gasteiger partial charge in [0.15, 0.2) is 0 Å². The first kappa shape index (κ1) is 23.8. The van der Waals surface area contributed by atoms with E-state index in [0.29, 0.717) is 35.1 Å². The number of halogens is 3. The Morgan fingerprint density at radius 2 is 2.00 bits per heavy atom. The summed E-state index contributed by atoms with van der Waals surface area (Å²) in [5, 5.41) is 12.7. The number of anilines is 1. The van der Waals surface area contributed by atoms with Crippen LogP contribution in [0.1, 0.15) is 23.6 Å². The zero-order chi connectivity index (χ0) is 23.1. The number of hydrogen-bond donors (Lipinski definition) is 1. The molecule has 1 N–H and O–H groups in total. The van der Waals surface area contributed by atoms with Gasteiger partial charge in [0.1, 0.15) is 23.2 Å². The molecule has 0 radical (unpaired) electrons. The van der Waals surface area contributed by atoms with Crippen molar-refractivity contribution in [3.63, 3.8) is 0 Å². The molecule has 4 nitrogen and oxygen atoms in total. The second-order valence-corrected chi connectivity index (χ2v) is 8.45. The first-order valence-electron chi connectivity index (χ1n) is 9.78. The minimum Gasteiger partial charge on any atom is -0.494 e. The van der Waals surface area contributed by atoms with Crippen LogP contribution in [0.15, 0.2) is 66.2 Å². The van der Waals surface area contributed by atoms with Crippen LogP contribution in [0.25, 0.3) is 6.08 Å². The summed E-state index contributed by atoms with van der Waals surface area (Å²) in [5.74, 6) is -0.201. The average Bonchev–Trinajstić information content (AvgIpc) is 2.74. The van der Waals surface area contributed by atoms with E-state index < -0.39 is 5.91 Å². The molecule has 0 saturated carbocycles. The van der Waals surface area contributed by atoms with E-state index in [9.17, 15) is 14.4 Å². The molecule has 3 rings (SSSR count). The minimum absolute atomic E-state index is 0.0545. The quantitative estimate of drug-likeness (QED) is 0.201. The summed E-state index contributed by atoms with van der Waals surface area (Å²) in [6.07, 6.45) is 2.01. The molecular formula is C25H19ClFIN2O2. The van der Waals surface area contributed by atoms with Gasteiger partial charge in [0, 0.05) is 26.3 Å². The summed E-state index contributed by atoms with van der Waals surface area (Å²) < 4.78 is 20.3. The molecule has 0 bridgehead atoms. The number of nitrogens with zero attached hydrogens (tertiary/aromatic N) is 1. The lowest BCUT2D eigenvalue weighted by molar-refractivity contribution is -0.112. The van der Waals surface area contributed by atoms with Crippen molar-refractivity contribution in [1.82, 2.24) is 0 Å². The van der Waals surface area contributed by atoms with E-state index in [1.54, 1.807) is 36.4 Å². The van der Waals surface area contributed by atoms with Crippen molar-refractivity contribution in [3.05, 3.63) is 97.3 Å². The fourth-order valence-corrected chi connectivity index (χ4v) is 4.11. The highest BCUT2D eigenvalue weighted by Gasteiger charge is 2.14. The van der Waals surface area contributed by atoms with E-state index in [0.717, 1.165) is 14.7 Å². The maximum atomic E-state index is 13.6. The molecule has 0 fully saturated rings. The standard InChI is InChI=1S/C25H19ClFIN2O2/c1-2-32-24-13-17(12-23(28)22(24)11-16-5-3-7-20(27)10-16)9-18(15-29)25(31)30-21-8-4-6-19(26)14-21/h3-10,12-14H,2,11H2,1H3,(H,30,31)/b18-9+. The monoisotopic (exact) mass is 560 g/mol. The maximum Gasteiger partial charge on any atom is 0.266 e. The van der Waals surface area contributed by atoms with Gasteiger partial charge in [-0.3, -0.25) is 4.79 Å². The van der Waals surface area contributed by atoms with Gasteiger partial charge in [0.05, 0.1) is 6.61 Å². The third kappa shape index (κ3) is 6.31. The molecule has 0 aliphatic carbocycles. The Balaban J connectivity index is 1.91. The van der Waals surface area contributed by atoms with Crippen molar-refractivity contribution in [2.75, 3.05) is 11.9 Å². The number of carbonyl (C=O) groups is 1. The Bertz CT molecular complexity index is 1220. The summed E-state index contributed by atoms with van der Waals surface area (Å²) >= 11 is 8.14. The van der Waals surface area contributed by atoms with E-state index in [-0.39, 0.29) is 11.4 Å². The largest absolute Gasteiger partial charge is 0.494 e. The molecule has 7 heteroatoms. The van der Waals surface area contributed by atoms with Crippen LogP contribution in [0.4, 0.5) is 10.1 Å². The van der Waals surface area contributed by atoms with Crippen LogP contribution >= 0.6 is 34.2 Å². The predicted octanol–water partition coefficient (Wildman–Crippen LogP) is 6.62. The predicted molar refractivity (Wildman–Crippen MR) is 133 cm³/mol. The molecule has 0 unspecified atom stereocenters. The Hall–Kier alpha value is -2.89. The molecule has 32 heavy (non-hydrogen) atoms. The second-order valence-electron chi connectivity index (χ2n) is 6.85. The van der Waals surface area contributed by atoms with Gasteiger partial charge in [-0.15, -0.1) is 0 Å². The lowest BCUT2D eigenvalue weighted by atomic mass is 10.0. The highest BCUT2D eigenvalue weighted by molar-refractivity contribution is 14.1. The number of carbonyl (C=O) groups excluding carboxylic acids is 1. The lowest BCUT2D eigenvalue weighted by Crippen LogP contribution is -2.13. The van der Waals surface area contributed by atoms with Crippen molar-refractivity contribution in [2.45, 2.75) is 13.3 Å². The zero-order valence-corrected chi connectivity index (χ0v) is 20.1. The molecule has 0 aliphatic rings. The number of nitrogens with one attached hydrogen (secondary N) is 1. The van der Waals surface area contributed by atoms with Gasteiger partial charge in [-0.25, -0.2) is 4.39 Å². The SMILES string of the molecule is CCOc1cc(/C=C(\C#N)C(=O)Nc2cccc(Cl)c2)cc(I)c1Cc1cccc(F)c1. The summed E-state index contributed by atoms with van der Waals surface area (Å²) in [7, 11) is 0. The number of ether oxygens (including phenoxy) is 1. The van der Waals surface area contributed by atoms with Gasteiger partial charge in [0.2, 0.25) is 0 Å². The summed E-state index contributed by atoms with van der Waals surface area (Å²) in [5.41, 5.74) is 2.83. The third-order valence-electron chi connectivity index (χ3n) is 4.51. The highest BCUT2D eigenvalue weighted by Crippen LogP contribution is 2.30. The van der Waals surface area contributed by atoms with Crippen LogP contribution < -0.4 is 10.1 Å². The Labute approximate surface area is 204 Å². The summed E-state index contributed by atoms with van der Waals surface area (Å²) in [6.45, 7) is 2.32. The van der Waals surface area contributed by atoms with Gasteiger partial charge >= 0.3 is 0 Å². The molecule has 0 atom stereocenters. The molecule has 0 heterocycles. The molecular weight excluding hydrogens is 542 g/mol. The van der Waals surface area contributed by atoms with Crippen LogP contribution in [-0.4, -0.2) is 12.5 Å². The topological polar surface area (TPSA) is 62.1 Å². The van der Waals surface area contributed by atoms with Crippen molar-refractivity contribution < 1.29 is 13.9 Å². The average molecular weight is 561 g/mol. The number of benzene rings is 3. The molecule has 0 aliphatic heterocycles. The third-order valence-corrected chi connectivity index (χ3v) is 5.70. The van der Waals surface area contributed by atoms with Crippen molar-refractivity contribution in [2.24, 2.45) is 0 Å². The fourth-order valence-electron chi connectivity index (χ4n) is 3.10. The molecule has 3 aromatic carbocycles. The Morgan fingerprint density at radius 1 is 1.22 bits per heavy atom. The first-order chi connectivity index (χ1) is 15.4. The molecule has 3 aromatic rings. The van der Waals surface area contributed by atoms with E-state index in [1.807, 2.05) is 25.1 Å². The van der Waals surface area contributed by atoms with E-state index in [4.69, 9.17) is 16.3 Å². The fraction of sp³-hybridized carbons (Fsp3) is 0.120. The smallest absolute Gasteiger partial charge is 0.266 e. The van der Waals surface area contributed by atoms with E-state index in [1.165, 1.54) is 18.2 Å². The van der Waals surface area contributed by atoms with E-state index in [2.05, 4.69) is 27.9 Å². The number of hydrogen-bond acceptors (Lipinski definition) is 3. The normalized spacial score (nSPS) is 11.0. The minimum atomic E-state index is -0.536. The first-order valence-corrected chi connectivity index (χ1v) is 11.2. The number of amides is 1. The Kier molecular flexibility index (Phi) is 8.26. The van der Waals surface area contributed by atoms with Crippen molar-refractivity contribution in [3.8, 4) is 11.8 Å². The molecule has 162 valence electrons. The van der Waals surface area contributed by atoms with Gasteiger partial charge in [0.25, 0.3) is 5.91 Å². The van der Waals surface area contributed by atoms with Gasteiger partial charge < -0.3 is 10.1 Å². The number of rotatable bonds is 7. The van der Waals surface area contributed by atoms with Crippen molar-refractivity contribution >= 4 is 51.9 Å². The van der Waals surface area contributed by atoms with Gasteiger partial charge in [-0.2, -0.15) is 5.26 Å². The molecule has 0 aromatic heterocycles. The van der Waals surface area contributed by atoms with Crippen LogP contribution in [0.5, 0.6) is 5.75 Å². The van der Waals surface area contributed by atoms with Crippen LogP contribution in [0, 0.1) is 20.7 Å². The van der Waals surface area contributed by atoms with Crippen molar-refractivity contribution in [1.29, 1.82) is 5.26 Å². The van der Waals surface area contributed by atoms with Crippen LogP contribution in [0.2, 0.25) is 5.02 Å². The summed E-state index contributed by atoms with van der Waals surface area (Å²) in [6, 6.07) is 18.7. The summed E-state index contributed by atoms with van der Waals surface area (Å²) in [4.78, 5) is 12.6. The molecule has 0 spiro atoms. The van der Waals surface area contributed by atoms with E-state index >= 15 is 0 Å².